The van der Waals surface area contributed by atoms with Gasteiger partial charge in [0.1, 0.15) is 0 Å². The summed E-state index contributed by atoms with van der Waals surface area (Å²) >= 11 is 0. The minimum atomic E-state index is -1.42. The number of hydrogen-bond acceptors (Lipinski definition) is 3. The molecule has 4 aromatic carbocycles. The molecule has 0 amide bonds. The van der Waals surface area contributed by atoms with Crippen LogP contribution in [0.1, 0.15) is 34.5 Å². The van der Waals surface area contributed by atoms with Gasteiger partial charge in [-0.15, -0.1) is 0 Å². The Balaban J connectivity index is 1.59. The van der Waals surface area contributed by atoms with Crippen LogP contribution < -0.4 is 0 Å². The van der Waals surface area contributed by atoms with Crippen molar-refractivity contribution in [1.82, 2.24) is 0 Å². The molecule has 1 N–H and O–H groups in total. The largest absolute Gasteiger partial charge is 0.638 e. The van der Waals surface area contributed by atoms with E-state index in [0.29, 0.717) is 0 Å². The number of benzene rings is 4. The van der Waals surface area contributed by atoms with Gasteiger partial charge in [0.25, 0.3) is 0 Å². The molecule has 148 valence electrons. The topological polar surface area (TPSA) is 38.7 Å². The van der Waals surface area contributed by atoms with E-state index in [1.54, 1.807) is 0 Å². The van der Waals surface area contributed by atoms with E-state index in [-0.39, 0.29) is 0 Å². The fourth-order valence-corrected chi connectivity index (χ4v) is 3.48. The molecule has 0 saturated carbocycles. The molecular formula is C26H23BO3. The first-order valence-electron chi connectivity index (χ1n) is 10.00. The molecular weight excluding hydrogens is 371 g/mol. The lowest BCUT2D eigenvalue weighted by molar-refractivity contribution is 0.0798. The first-order valence-corrected chi connectivity index (χ1v) is 10.00. The van der Waals surface area contributed by atoms with Gasteiger partial charge in [0, 0.05) is 0 Å². The first-order chi connectivity index (χ1) is 14.8. The molecule has 4 heteroatoms. The van der Waals surface area contributed by atoms with E-state index < -0.39 is 19.5 Å². The minimum Gasteiger partial charge on any atom is -0.402 e. The Bertz CT molecular complexity index is 847. The maximum atomic E-state index is 10.8. The second-order valence-electron chi connectivity index (χ2n) is 6.98. The zero-order valence-corrected chi connectivity index (χ0v) is 16.5. The third-order valence-electron chi connectivity index (χ3n) is 4.91. The van der Waals surface area contributed by atoms with Gasteiger partial charge >= 0.3 is 7.32 Å². The van der Waals surface area contributed by atoms with Crippen molar-refractivity contribution in [2.24, 2.45) is 0 Å². The first kappa shape index (κ1) is 20.1. The van der Waals surface area contributed by atoms with Crippen molar-refractivity contribution < 1.29 is 14.3 Å². The molecule has 0 saturated heterocycles. The SMILES string of the molecule is OB(OC(c1ccccc1)c1ccccc1)OC(c1ccccc1)c1ccccc1. The highest BCUT2D eigenvalue weighted by Crippen LogP contribution is 2.30. The van der Waals surface area contributed by atoms with Crippen molar-refractivity contribution in [2.45, 2.75) is 12.2 Å². The predicted molar refractivity (Wildman–Crippen MR) is 120 cm³/mol. The van der Waals surface area contributed by atoms with Crippen molar-refractivity contribution in [1.29, 1.82) is 0 Å². The lowest BCUT2D eigenvalue weighted by Crippen LogP contribution is -2.28. The van der Waals surface area contributed by atoms with Crippen LogP contribution in [0.25, 0.3) is 0 Å². The van der Waals surface area contributed by atoms with E-state index in [4.69, 9.17) is 9.31 Å². The monoisotopic (exact) mass is 394 g/mol. The fraction of sp³-hybridized carbons (Fsp3) is 0.0769. The average Bonchev–Trinajstić information content (AvgIpc) is 2.83. The molecule has 0 aliphatic rings. The molecule has 0 aliphatic heterocycles. The molecule has 0 spiro atoms. The molecule has 0 aromatic heterocycles. The molecule has 0 heterocycles. The third kappa shape index (κ3) is 5.05. The molecule has 0 radical (unpaired) electrons. The molecule has 30 heavy (non-hydrogen) atoms. The quantitative estimate of drug-likeness (QED) is 0.397. The van der Waals surface area contributed by atoms with Crippen molar-refractivity contribution in [2.75, 3.05) is 0 Å². The highest BCUT2D eigenvalue weighted by Gasteiger charge is 2.29. The summed E-state index contributed by atoms with van der Waals surface area (Å²) in [5.41, 5.74) is 3.79. The summed E-state index contributed by atoms with van der Waals surface area (Å²) in [6.45, 7) is 0. The van der Waals surface area contributed by atoms with E-state index in [1.807, 2.05) is 121 Å². The van der Waals surface area contributed by atoms with Crippen molar-refractivity contribution >= 4 is 7.32 Å². The molecule has 4 aromatic rings. The molecule has 0 aliphatic carbocycles. The summed E-state index contributed by atoms with van der Waals surface area (Å²) < 4.78 is 12.1. The Morgan fingerprint density at radius 3 is 0.900 bits per heavy atom. The van der Waals surface area contributed by atoms with Crippen molar-refractivity contribution in [3.05, 3.63) is 144 Å². The fourth-order valence-electron chi connectivity index (χ4n) is 3.48. The van der Waals surface area contributed by atoms with E-state index in [2.05, 4.69) is 0 Å². The van der Waals surface area contributed by atoms with Gasteiger partial charge < -0.3 is 14.3 Å². The normalized spacial score (nSPS) is 11.0. The van der Waals surface area contributed by atoms with Crippen LogP contribution in [0.2, 0.25) is 0 Å². The number of rotatable bonds is 8. The maximum absolute atomic E-state index is 10.8. The lowest BCUT2D eigenvalue weighted by Gasteiger charge is -2.24. The maximum Gasteiger partial charge on any atom is 0.638 e. The smallest absolute Gasteiger partial charge is 0.402 e. The molecule has 0 atom stereocenters. The second-order valence-corrected chi connectivity index (χ2v) is 6.98. The van der Waals surface area contributed by atoms with E-state index >= 15 is 0 Å². The summed E-state index contributed by atoms with van der Waals surface area (Å²) in [6, 6.07) is 39.3. The van der Waals surface area contributed by atoms with Gasteiger partial charge in [-0.05, 0) is 22.3 Å². The molecule has 3 nitrogen and oxygen atoms in total. The highest BCUT2D eigenvalue weighted by molar-refractivity contribution is 6.34. The number of hydrogen-bond donors (Lipinski definition) is 1. The Labute approximate surface area is 177 Å². The van der Waals surface area contributed by atoms with E-state index in [0.717, 1.165) is 22.3 Å². The summed E-state index contributed by atoms with van der Waals surface area (Å²) in [5.74, 6) is 0. The van der Waals surface area contributed by atoms with Gasteiger partial charge in [0.05, 0.1) is 12.2 Å². The van der Waals surface area contributed by atoms with Gasteiger partial charge in [-0.25, -0.2) is 0 Å². The molecule has 0 bridgehead atoms. The Hall–Kier alpha value is -3.18. The summed E-state index contributed by atoms with van der Waals surface area (Å²) in [5, 5.41) is 10.8. The Morgan fingerprint density at radius 2 is 0.667 bits per heavy atom. The van der Waals surface area contributed by atoms with Gasteiger partial charge in [-0.3, -0.25) is 0 Å². The highest BCUT2D eigenvalue weighted by atomic mass is 16.7. The van der Waals surface area contributed by atoms with E-state index in [1.165, 1.54) is 0 Å². The van der Waals surface area contributed by atoms with Gasteiger partial charge in [-0.2, -0.15) is 0 Å². The van der Waals surface area contributed by atoms with Crippen LogP contribution in [0.15, 0.2) is 121 Å². The Kier molecular flexibility index (Phi) is 6.73. The van der Waals surface area contributed by atoms with E-state index in [9.17, 15) is 5.02 Å². The van der Waals surface area contributed by atoms with Gasteiger partial charge in [-0.1, -0.05) is 121 Å². The van der Waals surface area contributed by atoms with Crippen LogP contribution >= 0.6 is 0 Å². The van der Waals surface area contributed by atoms with Crippen LogP contribution in [0.3, 0.4) is 0 Å². The Morgan fingerprint density at radius 1 is 0.433 bits per heavy atom. The zero-order valence-electron chi connectivity index (χ0n) is 16.5. The van der Waals surface area contributed by atoms with Crippen LogP contribution in [-0.4, -0.2) is 12.3 Å². The zero-order chi connectivity index (χ0) is 20.6. The average molecular weight is 394 g/mol. The molecule has 0 fully saturated rings. The van der Waals surface area contributed by atoms with Crippen LogP contribution in [-0.2, 0) is 9.31 Å². The third-order valence-corrected chi connectivity index (χ3v) is 4.91. The van der Waals surface area contributed by atoms with Crippen molar-refractivity contribution in [3.8, 4) is 0 Å². The predicted octanol–water partition coefficient (Wildman–Crippen LogP) is 5.58. The molecule has 0 unspecified atom stereocenters. The molecule has 4 rings (SSSR count). The summed E-state index contributed by atoms with van der Waals surface area (Å²) in [4.78, 5) is 0. The van der Waals surface area contributed by atoms with Crippen molar-refractivity contribution in [3.63, 3.8) is 0 Å². The van der Waals surface area contributed by atoms with Gasteiger partial charge in [0.2, 0.25) is 0 Å². The summed E-state index contributed by atoms with van der Waals surface area (Å²) in [6.07, 6.45) is -0.899. The van der Waals surface area contributed by atoms with Gasteiger partial charge in [0.15, 0.2) is 0 Å². The lowest BCUT2D eigenvalue weighted by atomic mass is 9.98. The minimum absolute atomic E-state index is 0.449. The van der Waals surface area contributed by atoms with Crippen LogP contribution in [0.5, 0.6) is 0 Å². The summed E-state index contributed by atoms with van der Waals surface area (Å²) in [7, 11) is -1.42. The second kappa shape index (κ2) is 10.0. The standard InChI is InChI=1S/C26H23BO3/c28-27(29-25(21-13-5-1-6-14-21)22-15-7-2-8-16-22)30-26(23-17-9-3-10-18-23)24-19-11-4-12-20-24/h1-20,25-26,28H. The van der Waals surface area contributed by atoms with Crippen LogP contribution in [0.4, 0.5) is 0 Å². The van der Waals surface area contributed by atoms with Crippen LogP contribution in [0, 0.1) is 0 Å².